The summed E-state index contributed by atoms with van der Waals surface area (Å²) in [6.07, 6.45) is 0. The number of aromatic nitrogens is 1. The maximum atomic E-state index is 10.9. The van der Waals surface area contributed by atoms with Crippen molar-refractivity contribution in [3.63, 3.8) is 0 Å². The third-order valence-electron chi connectivity index (χ3n) is 1.71. The molecule has 2 nitrogen and oxygen atoms in total. The second-order valence-corrected chi connectivity index (χ2v) is 3.11. The Morgan fingerprint density at radius 2 is 2.00 bits per heavy atom. The van der Waals surface area contributed by atoms with Gasteiger partial charge in [-0.2, -0.15) is 0 Å². The van der Waals surface area contributed by atoms with Crippen molar-refractivity contribution >= 4 is 23.5 Å². The highest BCUT2D eigenvalue weighted by molar-refractivity contribution is 7.80. The van der Waals surface area contributed by atoms with Crippen molar-refractivity contribution in [1.82, 2.24) is 4.98 Å². The van der Waals surface area contributed by atoms with Crippen LogP contribution in [-0.2, 0) is 0 Å². The van der Waals surface area contributed by atoms with Gasteiger partial charge in [0.25, 0.3) is 0 Å². The van der Waals surface area contributed by atoms with E-state index >= 15 is 0 Å². The van der Waals surface area contributed by atoms with Crippen LogP contribution in [0.1, 0.15) is 0 Å². The molecule has 1 N–H and O–H groups in total. The molecule has 0 unspecified atom stereocenters. The zero-order chi connectivity index (χ0) is 8.55. The quantitative estimate of drug-likeness (QED) is 0.591. The largest absolute Gasteiger partial charge is 0.322 e. The molecule has 1 aromatic heterocycles. The van der Waals surface area contributed by atoms with Crippen LogP contribution in [0, 0.1) is 0 Å². The first-order chi connectivity index (χ1) is 5.75. The molecule has 2 aromatic rings. The fourth-order valence-corrected chi connectivity index (χ4v) is 1.36. The number of aromatic amines is 1. The van der Waals surface area contributed by atoms with E-state index in [1.165, 1.54) is 6.07 Å². The molecule has 1 heterocycles. The lowest BCUT2D eigenvalue weighted by Gasteiger charge is -1.96. The lowest BCUT2D eigenvalue weighted by Crippen LogP contribution is -2.01. The van der Waals surface area contributed by atoms with E-state index in [9.17, 15) is 4.79 Å². The molecule has 0 aliphatic heterocycles. The van der Waals surface area contributed by atoms with E-state index in [4.69, 9.17) is 0 Å². The molecule has 0 radical (unpaired) electrons. The van der Waals surface area contributed by atoms with Gasteiger partial charge in [0, 0.05) is 16.5 Å². The molecule has 0 amide bonds. The summed E-state index contributed by atoms with van der Waals surface area (Å²) in [4.78, 5) is 14.5. The van der Waals surface area contributed by atoms with Gasteiger partial charge in [0.15, 0.2) is 0 Å². The van der Waals surface area contributed by atoms with E-state index in [-0.39, 0.29) is 5.56 Å². The molecule has 0 spiro atoms. The highest BCUT2D eigenvalue weighted by atomic mass is 32.1. The summed E-state index contributed by atoms with van der Waals surface area (Å²) in [5, 5.41) is 1.00. The summed E-state index contributed by atoms with van der Waals surface area (Å²) in [6, 6.07) is 8.90. The predicted molar refractivity (Wildman–Crippen MR) is 51.8 cm³/mol. The van der Waals surface area contributed by atoms with Gasteiger partial charge in [0.2, 0.25) is 5.56 Å². The lowest BCUT2D eigenvalue weighted by atomic mass is 10.2. The summed E-state index contributed by atoms with van der Waals surface area (Å²) in [5.74, 6) is 0. The molecule has 12 heavy (non-hydrogen) atoms. The number of hydrogen-bond donors (Lipinski definition) is 2. The molecule has 1 aromatic carbocycles. The van der Waals surface area contributed by atoms with Gasteiger partial charge < -0.3 is 4.98 Å². The van der Waals surface area contributed by atoms with Crippen molar-refractivity contribution in [1.29, 1.82) is 0 Å². The molecule has 60 valence electrons. The Hall–Kier alpha value is -1.22. The fourth-order valence-electron chi connectivity index (χ4n) is 1.14. The van der Waals surface area contributed by atoms with E-state index in [1.54, 1.807) is 6.07 Å². The zero-order valence-electron chi connectivity index (χ0n) is 6.24. The minimum absolute atomic E-state index is 0.0746. The van der Waals surface area contributed by atoms with Crippen LogP contribution in [0.4, 0.5) is 0 Å². The summed E-state index contributed by atoms with van der Waals surface area (Å²) in [7, 11) is 0. The normalized spacial score (nSPS) is 10.4. The van der Waals surface area contributed by atoms with E-state index < -0.39 is 0 Å². The summed E-state index contributed by atoms with van der Waals surface area (Å²) in [6.45, 7) is 0. The van der Waals surface area contributed by atoms with Crippen LogP contribution in [0.5, 0.6) is 0 Å². The van der Waals surface area contributed by atoms with Crippen molar-refractivity contribution in [2.45, 2.75) is 4.90 Å². The highest BCUT2D eigenvalue weighted by Gasteiger charge is 1.93. The first-order valence-electron chi connectivity index (χ1n) is 3.58. The lowest BCUT2D eigenvalue weighted by molar-refractivity contribution is 1.30. The number of fused-ring (bicyclic) bond motifs is 1. The molecule has 0 saturated heterocycles. The van der Waals surface area contributed by atoms with Gasteiger partial charge in [0.05, 0.1) is 0 Å². The average Bonchev–Trinajstić information content (AvgIpc) is 2.05. The number of pyridine rings is 1. The Labute approximate surface area is 74.6 Å². The molecule has 0 aliphatic carbocycles. The van der Waals surface area contributed by atoms with Crippen molar-refractivity contribution in [3.05, 3.63) is 40.7 Å². The van der Waals surface area contributed by atoms with E-state index in [0.29, 0.717) is 0 Å². The molecule has 0 atom stereocenters. The smallest absolute Gasteiger partial charge is 0.248 e. The van der Waals surface area contributed by atoms with E-state index in [2.05, 4.69) is 17.6 Å². The average molecular weight is 177 g/mol. The third kappa shape index (κ3) is 1.23. The SMILES string of the molecule is O=c1ccc2cc(S)ccc2[nH]1. The molecular weight excluding hydrogens is 170 g/mol. The second kappa shape index (κ2) is 2.68. The molecule has 2 rings (SSSR count). The van der Waals surface area contributed by atoms with Crippen molar-refractivity contribution in [2.24, 2.45) is 0 Å². The highest BCUT2D eigenvalue weighted by Crippen LogP contribution is 2.14. The molecule has 0 fully saturated rings. The third-order valence-corrected chi connectivity index (χ3v) is 1.99. The Balaban J connectivity index is 2.87. The maximum absolute atomic E-state index is 10.9. The second-order valence-electron chi connectivity index (χ2n) is 2.59. The first kappa shape index (κ1) is 7.43. The van der Waals surface area contributed by atoms with Gasteiger partial charge >= 0.3 is 0 Å². The fraction of sp³-hybridized carbons (Fsp3) is 0. The Morgan fingerprint density at radius 1 is 1.17 bits per heavy atom. The van der Waals surface area contributed by atoms with E-state index in [0.717, 1.165) is 15.8 Å². The molecule has 3 heteroatoms. The van der Waals surface area contributed by atoms with Gasteiger partial charge in [-0.15, -0.1) is 12.6 Å². The maximum Gasteiger partial charge on any atom is 0.248 e. The van der Waals surface area contributed by atoms with Crippen LogP contribution in [0.2, 0.25) is 0 Å². The Bertz CT molecular complexity index is 475. The summed E-state index contributed by atoms with van der Waals surface area (Å²) in [5.41, 5.74) is 0.773. The van der Waals surface area contributed by atoms with Crippen LogP contribution in [0.3, 0.4) is 0 Å². The first-order valence-corrected chi connectivity index (χ1v) is 4.02. The number of hydrogen-bond acceptors (Lipinski definition) is 2. The van der Waals surface area contributed by atoms with Crippen molar-refractivity contribution < 1.29 is 0 Å². The van der Waals surface area contributed by atoms with Gasteiger partial charge in [0.1, 0.15) is 0 Å². The Kier molecular flexibility index (Phi) is 1.66. The Morgan fingerprint density at radius 3 is 2.83 bits per heavy atom. The molecule has 0 saturated carbocycles. The van der Waals surface area contributed by atoms with Crippen LogP contribution in [0.15, 0.2) is 40.0 Å². The predicted octanol–water partition coefficient (Wildman–Crippen LogP) is 1.82. The van der Waals surface area contributed by atoms with Crippen LogP contribution < -0.4 is 5.56 Å². The minimum Gasteiger partial charge on any atom is -0.322 e. The van der Waals surface area contributed by atoms with Crippen molar-refractivity contribution in [2.75, 3.05) is 0 Å². The summed E-state index contributed by atoms with van der Waals surface area (Å²) >= 11 is 4.19. The van der Waals surface area contributed by atoms with Gasteiger partial charge in [-0.3, -0.25) is 4.79 Å². The standard InChI is InChI=1S/C9H7NOS/c11-9-4-1-6-5-7(12)2-3-8(6)10-9/h1-5,12H,(H,10,11). The number of H-pyrrole nitrogens is 1. The van der Waals surface area contributed by atoms with Crippen LogP contribution in [0.25, 0.3) is 10.9 Å². The number of thiol groups is 1. The van der Waals surface area contributed by atoms with Gasteiger partial charge in [-0.25, -0.2) is 0 Å². The molecule has 0 bridgehead atoms. The van der Waals surface area contributed by atoms with Gasteiger partial charge in [-0.1, -0.05) is 0 Å². The van der Waals surface area contributed by atoms with Crippen LogP contribution >= 0.6 is 12.6 Å². The van der Waals surface area contributed by atoms with Gasteiger partial charge in [-0.05, 0) is 29.7 Å². The summed E-state index contributed by atoms with van der Waals surface area (Å²) < 4.78 is 0. The monoisotopic (exact) mass is 177 g/mol. The van der Waals surface area contributed by atoms with E-state index in [1.807, 2.05) is 18.2 Å². The molecular formula is C9H7NOS. The minimum atomic E-state index is -0.0746. The van der Waals surface area contributed by atoms with Crippen molar-refractivity contribution in [3.8, 4) is 0 Å². The zero-order valence-corrected chi connectivity index (χ0v) is 7.14. The topological polar surface area (TPSA) is 32.9 Å². The number of benzene rings is 1. The number of rotatable bonds is 0. The molecule has 0 aliphatic rings. The number of nitrogens with one attached hydrogen (secondary N) is 1. The van der Waals surface area contributed by atoms with Crippen LogP contribution in [-0.4, -0.2) is 4.98 Å².